The van der Waals surface area contributed by atoms with Crippen LogP contribution in [0.25, 0.3) is 0 Å². The molecule has 27 heavy (non-hydrogen) atoms. The van der Waals surface area contributed by atoms with Crippen molar-refractivity contribution >= 4 is 29.1 Å². The molecule has 1 N–H and O–H groups in total. The molecule has 0 aliphatic carbocycles. The highest BCUT2D eigenvalue weighted by Crippen LogP contribution is 2.19. The van der Waals surface area contributed by atoms with E-state index < -0.39 is 0 Å². The highest BCUT2D eigenvalue weighted by atomic mass is 35.5. The Labute approximate surface area is 169 Å². The molecule has 0 saturated heterocycles. The van der Waals surface area contributed by atoms with E-state index in [1.54, 1.807) is 0 Å². The maximum atomic E-state index is 12.7. The summed E-state index contributed by atoms with van der Waals surface area (Å²) >= 11 is 12.1. The second-order valence-electron chi connectivity index (χ2n) is 6.43. The fourth-order valence-corrected chi connectivity index (χ4v) is 3.35. The molecule has 4 nitrogen and oxygen atoms in total. The predicted molar refractivity (Wildman–Crippen MR) is 110 cm³/mol. The lowest BCUT2D eigenvalue weighted by Crippen LogP contribution is -2.26. The van der Waals surface area contributed by atoms with E-state index in [9.17, 15) is 4.79 Å². The van der Waals surface area contributed by atoms with Crippen molar-refractivity contribution in [3.8, 4) is 0 Å². The summed E-state index contributed by atoms with van der Waals surface area (Å²) in [6, 6.07) is 15.3. The molecule has 0 fully saturated rings. The Hall–Kier alpha value is -2.30. The van der Waals surface area contributed by atoms with E-state index in [1.165, 1.54) is 0 Å². The molecule has 3 rings (SSSR count). The van der Waals surface area contributed by atoms with E-state index in [4.69, 9.17) is 23.2 Å². The van der Waals surface area contributed by atoms with E-state index >= 15 is 0 Å². The molecule has 6 heteroatoms. The van der Waals surface area contributed by atoms with Gasteiger partial charge in [-0.2, -0.15) is 5.10 Å². The van der Waals surface area contributed by atoms with Crippen molar-refractivity contribution in [2.75, 3.05) is 6.54 Å². The zero-order chi connectivity index (χ0) is 19.4. The molecule has 3 aromatic rings. The second kappa shape index (κ2) is 8.59. The highest BCUT2D eigenvalue weighted by molar-refractivity contribution is 6.31. The lowest BCUT2D eigenvalue weighted by Gasteiger charge is -2.08. The molecule has 2 aromatic carbocycles. The van der Waals surface area contributed by atoms with Gasteiger partial charge in [0, 0.05) is 22.3 Å². The zero-order valence-corrected chi connectivity index (χ0v) is 16.8. The van der Waals surface area contributed by atoms with E-state index in [0.717, 1.165) is 23.2 Å². The minimum atomic E-state index is -0.107. The third kappa shape index (κ3) is 4.71. The summed E-state index contributed by atoms with van der Waals surface area (Å²) in [6.45, 7) is 4.84. The zero-order valence-electron chi connectivity index (χ0n) is 15.3. The fraction of sp³-hybridized carbons (Fsp3) is 0.238. The predicted octanol–water partition coefficient (Wildman–Crippen LogP) is 4.83. The summed E-state index contributed by atoms with van der Waals surface area (Å²) in [5.74, 6) is -0.107. The van der Waals surface area contributed by atoms with Gasteiger partial charge in [0.2, 0.25) is 0 Å². The third-order valence-electron chi connectivity index (χ3n) is 4.50. The highest BCUT2D eigenvalue weighted by Gasteiger charge is 2.18. The number of carbonyl (C=O) groups is 1. The molecular weight excluding hydrogens is 381 g/mol. The first-order valence-corrected chi connectivity index (χ1v) is 9.51. The number of halogens is 2. The number of rotatable bonds is 6. The average molecular weight is 402 g/mol. The summed E-state index contributed by atoms with van der Waals surface area (Å²) < 4.78 is 1.82. The minimum Gasteiger partial charge on any atom is -0.352 e. The number of hydrogen-bond acceptors (Lipinski definition) is 2. The molecule has 140 valence electrons. The van der Waals surface area contributed by atoms with Gasteiger partial charge < -0.3 is 5.32 Å². The van der Waals surface area contributed by atoms with Crippen LogP contribution in [0.4, 0.5) is 0 Å². The Morgan fingerprint density at radius 2 is 1.78 bits per heavy atom. The second-order valence-corrected chi connectivity index (χ2v) is 7.27. The Morgan fingerprint density at radius 1 is 1.07 bits per heavy atom. The summed E-state index contributed by atoms with van der Waals surface area (Å²) in [4.78, 5) is 12.7. The van der Waals surface area contributed by atoms with Crippen LogP contribution in [0.5, 0.6) is 0 Å². The topological polar surface area (TPSA) is 46.9 Å². The van der Waals surface area contributed by atoms with Crippen molar-refractivity contribution in [2.45, 2.75) is 26.8 Å². The minimum absolute atomic E-state index is 0.107. The molecule has 0 atom stereocenters. The number of aromatic nitrogens is 2. The van der Waals surface area contributed by atoms with Crippen molar-refractivity contribution in [2.24, 2.45) is 0 Å². The molecule has 0 spiro atoms. The first-order valence-electron chi connectivity index (χ1n) is 8.75. The Kier molecular flexibility index (Phi) is 6.19. The average Bonchev–Trinajstić information content (AvgIpc) is 2.92. The van der Waals surface area contributed by atoms with Gasteiger partial charge in [-0.05, 0) is 49.6 Å². The molecule has 1 aromatic heterocycles. The van der Waals surface area contributed by atoms with Crippen molar-refractivity contribution in [1.82, 2.24) is 15.1 Å². The van der Waals surface area contributed by atoms with Gasteiger partial charge in [-0.1, -0.05) is 53.5 Å². The smallest absolute Gasteiger partial charge is 0.255 e. The SMILES string of the molecule is Cc1nn(Cc2ccccc2Cl)c(C)c1C(=O)NCCc1ccc(Cl)cc1. The largest absolute Gasteiger partial charge is 0.352 e. The first-order chi connectivity index (χ1) is 13.0. The van der Waals surface area contributed by atoms with Gasteiger partial charge in [-0.25, -0.2) is 0 Å². The number of nitrogens with one attached hydrogen (secondary N) is 1. The number of benzene rings is 2. The van der Waals surface area contributed by atoms with Gasteiger partial charge in [0.25, 0.3) is 5.91 Å². The van der Waals surface area contributed by atoms with E-state index in [1.807, 2.05) is 67.1 Å². The molecule has 0 unspecified atom stereocenters. The Bertz CT molecular complexity index is 949. The third-order valence-corrected chi connectivity index (χ3v) is 5.12. The van der Waals surface area contributed by atoms with E-state index in [2.05, 4.69) is 10.4 Å². The maximum absolute atomic E-state index is 12.7. The lowest BCUT2D eigenvalue weighted by molar-refractivity contribution is 0.0953. The molecule has 0 saturated carbocycles. The fourth-order valence-electron chi connectivity index (χ4n) is 3.03. The lowest BCUT2D eigenvalue weighted by atomic mass is 10.1. The Balaban J connectivity index is 1.67. The Morgan fingerprint density at radius 3 is 2.48 bits per heavy atom. The first kappa shape index (κ1) is 19.5. The van der Waals surface area contributed by atoms with Crippen LogP contribution in [-0.2, 0) is 13.0 Å². The standard InChI is InChI=1S/C21H21Cl2N3O/c1-14-20(21(27)24-12-11-16-7-9-18(22)10-8-16)15(2)26(25-14)13-17-5-3-4-6-19(17)23/h3-10H,11-13H2,1-2H3,(H,24,27). The van der Waals surface area contributed by atoms with Crippen LogP contribution in [-0.4, -0.2) is 22.2 Å². The van der Waals surface area contributed by atoms with Gasteiger partial charge in [0.15, 0.2) is 0 Å². The molecule has 1 amide bonds. The van der Waals surface area contributed by atoms with Gasteiger partial charge in [-0.15, -0.1) is 0 Å². The molecular formula is C21H21Cl2N3O. The number of nitrogens with zero attached hydrogens (tertiary/aromatic N) is 2. The van der Waals surface area contributed by atoms with Crippen molar-refractivity contribution in [3.63, 3.8) is 0 Å². The van der Waals surface area contributed by atoms with Gasteiger partial charge in [0.05, 0.1) is 17.8 Å². The van der Waals surface area contributed by atoms with Crippen LogP contribution >= 0.6 is 23.2 Å². The van der Waals surface area contributed by atoms with Gasteiger partial charge in [0.1, 0.15) is 0 Å². The van der Waals surface area contributed by atoms with Crippen molar-refractivity contribution < 1.29 is 4.79 Å². The van der Waals surface area contributed by atoms with Crippen LogP contribution in [0.2, 0.25) is 10.0 Å². The summed E-state index contributed by atoms with van der Waals surface area (Å²) in [7, 11) is 0. The van der Waals surface area contributed by atoms with E-state index in [-0.39, 0.29) is 5.91 Å². The summed E-state index contributed by atoms with van der Waals surface area (Å²) in [5.41, 5.74) is 4.26. The summed E-state index contributed by atoms with van der Waals surface area (Å²) in [5, 5.41) is 8.91. The van der Waals surface area contributed by atoms with Gasteiger partial charge in [-0.3, -0.25) is 9.48 Å². The number of aryl methyl sites for hydroxylation is 1. The van der Waals surface area contributed by atoms with Crippen LogP contribution in [0, 0.1) is 13.8 Å². The summed E-state index contributed by atoms with van der Waals surface area (Å²) in [6.07, 6.45) is 0.745. The van der Waals surface area contributed by atoms with Gasteiger partial charge >= 0.3 is 0 Å². The quantitative estimate of drug-likeness (QED) is 0.642. The van der Waals surface area contributed by atoms with Crippen LogP contribution < -0.4 is 5.32 Å². The number of carbonyl (C=O) groups excluding carboxylic acids is 1. The molecule has 0 bridgehead atoms. The normalized spacial score (nSPS) is 10.8. The monoisotopic (exact) mass is 401 g/mol. The van der Waals surface area contributed by atoms with Crippen LogP contribution in [0.15, 0.2) is 48.5 Å². The van der Waals surface area contributed by atoms with Crippen LogP contribution in [0.1, 0.15) is 32.9 Å². The molecule has 1 heterocycles. The molecule has 0 aliphatic rings. The maximum Gasteiger partial charge on any atom is 0.255 e. The molecule has 0 radical (unpaired) electrons. The van der Waals surface area contributed by atoms with E-state index in [0.29, 0.717) is 34.4 Å². The molecule has 0 aliphatic heterocycles. The number of hydrogen-bond donors (Lipinski definition) is 1. The number of amides is 1. The van der Waals surface area contributed by atoms with Crippen molar-refractivity contribution in [3.05, 3.63) is 86.7 Å². The van der Waals surface area contributed by atoms with Crippen molar-refractivity contribution in [1.29, 1.82) is 0 Å². The van der Waals surface area contributed by atoms with Crippen LogP contribution in [0.3, 0.4) is 0 Å².